The molecule has 0 aliphatic rings. The Morgan fingerprint density at radius 1 is 1.37 bits per heavy atom. The third-order valence-corrected chi connectivity index (χ3v) is 3.73. The fraction of sp³-hybridized carbons (Fsp3) is 0.857. The van der Waals surface area contributed by atoms with Crippen LogP contribution in [0, 0.1) is 5.92 Å². The van der Waals surface area contributed by atoms with E-state index in [1.54, 1.807) is 7.11 Å². The highest BCUT2D eigenvalue weighted by atomic mass is 16.5. The molecule has 1 aromatic heterocycles. The van der Waals surface area contributed by atoms with Gasteiger partial charge in [-0.3, -0.25) is 0 Å². The Balaban J connectivity index is 2.79. The summed E-state index contributed by atoms with van der Waals surface area (Å²) in [4.78, 5) is 4.49. The summed E-state index contributed by atoms with van der Waals surface area (Å²) in [6, 6.07) is 0.355. The highest BCUT2D eigenvalue weighted by molar-refractivity contribution is 5.00. The largest absolute Gasteiger partial charge is 0.370 e. The maximum atomic E-state index is 5.49. The van der Waals surface area contributed by atoms with Crippen molar-refractivity contribution in [2.45, 2.75) is 59.1 Å². The average molecular weight is 269 g/mol. The number of likely N-dealkylation sites (N-methyl/N-ethyl adjacent to an activating group) is 1. The number of aromatic nitrogens is 2. The van der Waals surface area contributed by atoms with E-state index in [1.807, 2.05) is 6.92 Å². The maximum absolute atomic E-state index is 5.49. The van der Waals surface area contributed by atoms with Gasteiger partial charge in [-0.1, -0.05) is 32.9 Å². The predicted octanol–water partition coefficient (Wildman–Crippen LogP) is 2.52. The zero-order valence-electron chi connectivity index (χ0n) is 13.0. The molecule has 110 valence electrons. The molecule has 0 fully saturated rings. The molecule has 5 nitrogen and oxygen atoms in total. The van der Waals surface area contributed by atoms with E-state index in [0.29, 0.717) is 23.7 Å². The summed E-state index contributed by atoms with van der Waals surface area (Å²) < 4.78 is 10.8. The van der Waals surface area contributed by atoms with Crippen LogP contribution in [0.3, 0.4) is 0 Å². The van der Waals surface area contributed by atoms with Gasteiger partial charge in [0.15, 0.2) is 0 Å². The van der Waals surface area contributed by atoms with Crippen molar-refractivity contribution in [3.8, 4) is 0 Å². The molecule has 0 radical (unpaired) electrons. The second-order valence-electron chi connectivity index (χ2n) is 5.41. The molecule has 1 heterocycles. The minimum Gasteiger partial charge on any atom is -0.370 e. The first-order valence-corrected chi connectivity index (χ1v) is 7.08. The number of hydrogen-bond donors (Lipinski definition) is 1. The molecule has 1 aromatic rings. The summed E-state index contributed by atoms with van der Waals surface area (Å²) in [5.41, 5.74) is -0.465. The molecule has 1 N–H and O–H groups in total. The van der Waals surface area contributed by atoms with Crippen LogP contribution in [0.15, 0.2) is 4.52 Å². The highest BCUT2D eigenvalue weighted by Gasteiger charge is 2.30. The van der Waals surface area contributed by atoms with Crippen LogP contribution in [-0.4, -0.2) is 29.8 Å². The molecule has 5 heteroatoms. The Morgan fingerprint density at radius 2 is 2.05 bits per heavy atom. The zero-order chi connectivity index (χ0) is 14.5. The molecule has 0 saturated heterocycles. The molecule has 0 saturated carbocycles. The molecule has 2 atom stereocenters. The smallest absolute Gasteiger partial charge is 0.228 e. The van der Waals surface area contributed by atoms with Crippen molar-refractivity contribution in [3.05, 3.63) is 11.7 Å². The monoisotopic (exact) mass is 269 g/mol. The summed E-state index contributed by atoms with van der Waals surface area (Å²) >= 11 is 0. The lowest BCUT2D eigenvalue weighted by molar-refractivity contribution is -0.0106. The van der Waals surface area contributed by atoms with Gasteiger partial charge in [-0.25, -0.2) is 0 Å². The van der Waals surface area contributed by atoms with Gasteiger partial charge in [-0.15, -0.1) is 0 Å². The van der Waals surface area contributed by atoms with Crippen molar-refractivity contribution >= 4 is 0 Å². The molecular formula is C14H27N3O2. The lowest BCUT2D eigenvalue weighted by atomic mass is 10.0. The Labute approximate surface area is 116 Å². The van der Waals surface area contributed by atoms with Crippen molar-refractivity contribution in [1.82, 2.24) is 15.5 Å². The molecule has 0 bridgehead atoms. The van der Waals surface area contributed by atoms with Crippen LogP contribution in [0.1, 0.15) is 52.8 Å². The number of rotatable bonds is 8. The van der Waals surface area contributed by atoms with Crippen LogP contribution in [0.4, 0.5) is 0 Å². The quantitative estimate of drug-likeness (QED) is 0.785. The lowest BCUT2D eigenvalue weighted by Gasteiger charge is -2.22. The van der Waals surface area contributed by atoms with Gasteiger partial charge in [0, 0.05) is 19.6 Å². The van der Waals surface area contributed by atoms with Crippen LogP contribution in [-0.2, 0) is 16.8 Å². The molecule has 1 rings (SSSR count). The number of methoxy groups -OCH3 is 1. The van der Waals surface area contributed by atoms with E-state index in [0.717, 1.165) is 19.4 Å². The van der Waals surface area contributed by atoms with E-state index in [9.17, 15) is 0 Å². The second kappa shape index (κ2) is 7.01. The van der Waals surface area contributed by atoms with E-state index in [1.165, 1.54) is 0 Å². The Morgan fingerprint density at radius 3 is 2.53 bits per heavy atom. The summed E-state index contributed by atoms with van der Waals surface area (Å²) in [5.74, 6) is 1.83. The normalized spacial score (nSPS) is 16.6. The van der Waals surface area contributed by atoms with Crippen molar-refractivity contribution in [2.75, 3.05) is 13.7 Å². The predicted molar refractivity (Wildman–Crippen MR) is 75.0 cm³/mol. The SMILES string of the molecule is CCNC(Cc1nc(C(C)(CC)OC)no1)C(C)C. The molecule has 0 aromatic carbocycles. The van der Waals surface area contributed by atoms with E-state index in [4.69, 9.17) is 9.26 Å². The van der Waals surface area contributed by atoms with E-state index < -0.39 is 5.60 Å². The fourth-order valence-electron chi connectivity index (χ4n) is 1.94. The third-order valence-electron chi connectivity index (χ3n) is 3.73. The highest BCUT2D eigenvalue weighted by Crippen LogP contribution is 2.25. The number of nitrogens with zero attached hydrogens (tertiary/aromatic N) is 2. The van der Waals surface area contributed by atoms with Gasteiger partial charge in [0.05, 0.1) is 0 Å². The van der Waals surface area contributed by atoms with Gasteiger partial charge in [0.1, 0.15) is 5.60 Å². The molecule has 0 aliphatic carbocycles. The minimum atomic E-state index is -0.465. The average Bonchev–Trinajstić information content (AvgIpc) is 2.86. The second-order valence-corrected chi connectivity index (χ2v) is 5.41. The van der Waals surface area contributed by atoms with E-state index >= 15 is 0 Å². The number of ether oxygens (including phenoxy) is 1. The van der Waals surface area contributed by atoms with Gasteiger partial charge in [0.25, 0.3) is 0 Å². The molecule has 2 unspecified atom stereocenters. The molecule has 0 aliphatic heterocycles. The van der Waals surface area contributed by atoms with Crippen LogP contribution in [0.2, 0.25) is 0 Å². The molecule has 19 heavy (non-hydrogen) atoms. The van der Waals surface area contributed by atoms with Gasteiger partial charge in [-0.05, 0) is 25.8 Å². The van der Waals surface area contributed by atoms with Crippen LogP contribution in [0.25, 0.3) is 0 Å². The zero-order valence-corrected chi connectivity index (χ0v) is 13.0. The van der Waals surface area contributed by atoms with Gasteiger partial charge < -0.3 is 14.6 Å². The molecular weight excluding hydrogens is 242 g/mol. The fourth-order valence-corrected chi connectivity index (χ4v) is 1.94. The number of hydrogen-bond acceptors (Lipinski definition) is 5. The summed E-state index contributed by atoms with van der Waals surface area (Å²) in [6.45, 7) is 11.5. The van der Waals surface area contributed by atoms with E-state index in [-0.39, 0.29) is 0 Å². The first kappa shape index (κ1) is 16.1. The minimum absolute atomic E-state index is 0.355. The van der Waals surface area contributed by atoms with Gasteiger partial charge in [0.2, 0.25) is 11.7 Å². The Bertz CT molecular complexity index is 373. The maximum Gasteiger partial charge on any atom is 0.228 e. The lowest BCUT2D eigenvalue weighted by Crippen LogP contribution is -2.35. The topological polar surface area (TPSA) is 60.2 Å². The van der Waals surface area contributed by atoms with Crippen molar-refractivity contribution in [1.29, 1.82) is 0 Å². The van der Waals surface area contributed by atoms with Crippen molar-refractivity contribution in [3.63, 3.8) is 0 Å². The standard InChI is InChI=1S/C14H27N3O2/c1-7-14(5,18-6)13-16-12(19-17-13)9-11(10(3)4)15-8-2/h10-11,15H,7-9H2,1-6H3. The first-order valence-electron chi connectivity index (χ1n) is 7.08. The number of nitrogens with one attached hydrogen (secondary N) is 1. The van der Waals surface area contributed by atoms with E-state index in [2.05, 4.69) is 43.2 Å². The van der Waals surface area contributed by atoms with Crippen molar-refractivity contribution in [2.24, 2.45) is 5.92 Å². The van der Waals surface area contributed by atoms with Gasteiger partial charge in [-0.2, -0.15) is 4.98 Å². The first-order chi connectivity index (χ1) is 8.96. The summed E-state index contributed by atoms with van der Waals surface area (Å²) in [6.07, 6.45) is 1.56. The third kappa shape index (κ3) is 4.01. The van der Waals surface area contributed by atoms with Gasteiger partial charge >= 0.3 is 0 Å². The van der Waals surface area contributed by atoms with Crippen LogP contribution < -0.4 is 5.32 Å². The van der Waals surface area contributed by atoms with Crippen LogP contribution >= 0.6 is 0 Å². The van der Waals surface area contributed by atoms with Crippen LogP contribution in [0.5, 0.6) is 0 Å². The molecule has 0 spiro atoms. The molecule has 0 amide bonds. The summed E-state index contributed by atoms with van der Waals surface area (Å²) in [7, 11) is 1.68. The van der Waals surface area contributed by atoms with Crippen molar-refractivity contribution < 1.29 is 9.26 Å². The Kier molecular flexibility index (Phi) is 5.94. The Hall–Kier alpha value is -0.940. The summed E-state index contributed by atoms with van der Waals surface area (Å²) in [5, 5.41) is 7.51.